The fourth-order valence-corrected chi connectivity index (χ4v) is 0.941. The first kappa shape index (κ1) is 5.65. The number of hydrogen-bond donors (Lipinski definition) is 1. The Morgan fingerprint density at radius 1 is 1.62 bits per heavy atom. The molecule has 0 aromatic rings. The van der Waals surface area contributed by atoms with Crippen molar-refractivity contribution in [1.82, 2.24) is 0 Å². The number of aliphatic hydroxyl groups is 1. The van der Waals surface area contributed by atoms with E-state index in [0.29, 0.717) is 5.92 Å². The van der Waals surface area contributed by atoms with Crippen molar-refractivity contribution in [2.75, 3.05) is 0 Å². The fraction of sp³-hybridized carbons (Fsp3) is 0.714. The van der Waals surface area contributed by atoms with Crippen molar-refractivity contribution in [3.05, 3.63) is 0 Å². The molecule has 1 N–H and O–H groups in total. The summed E-state index contributed by atoms with van der Waals surface area (Å²) >= 11 is 0. The van der Waals surface area contributed by atoms with Gasteiger partial charge in [0.15, 0.2) is 0 Å². The van der Waals surface area contributed by atoms with Gasteiger partial charge >= 0.3 is 0 Å². The van der Waals surface area contributed by atoms with Gasteiger partial charge in [-0.15, -0.1) is 12.3 Å². The third kappa shape index (κ3) is 0.850. The summed E-state index contributed by atoms with van der Waals surface area (Å²) in [4.78, 5) is 0. The monoisotopic (exact) mass is 110 g/mol. The Hall–Kier alpha value is -0.480. The lowest BCUT2D eigenvalue weighted by molar-refractivity contribution is 0.0270. The molecule has 0 aromatic heterocycles. The van der Waals surface area contributed by atoms with Crippen LogP contribution in [0.2, 0.25) is 0 Å². The van der Waals surface area contributed by atoms with Crippen LogP contribution in [0.3, 0.4) is 0 Å². The minimum absolute atomic E-state index is 0.0916. The van der Waals surface area contributed by atoms with Crippen molar-refractivity contribution in [3.8, 4) is 12.3 Å². The van der Waals surface area contributed by atoms with E-state index < -0.39 is 0 Å². The van der Waals surface area contributed by atoms with Gasteiger partial charge in [0.2, 0.25) is 0 Å². The molecule has 1 aliphatic rings. The molecular formula is C7H10O. The van der Waals surface area contributed by atoms with Crippen LogP contribution in [-0.4, -0.2) is 11.2 Å². The Bertz CT molecular complexity index is 112. The van der Waals surface area contributed by atoms with E-state index in [9.17, 15) is 0 Å². The van der Waals surface area contributed by atoms with Gasteiger partial charge in [0.05, 0.1) is 6.10 Å². The molecule has 1 fully saturated rings. The lowest BCUT2D eigenvalue weighted by Crippen LogP contribution is -2.30. The van der Waals surface area contributed by atoms with Gasteiger partial charge in [0.1, 0.15) is 0 Å². The summed E-state index contributed by atoms with van der Waals surface area (Å²) in [5.74, 6) is 2.96. The first-order valence-corrected chi connectivity index (χ1v) is 2.96. The number of terminal acetylenes is 1. The molecule has 1 nitrogen and oxygen atoms in total. The smallest absolute Gasteiger partial charge is 0.0577 e. The highest BCUT2D eigenvalue weighted by Crippen LogP contribution is 2.29. The lowest BCUT2D eigenvalue weighted by atomic mass is 9.80. The quantitative estimate of drug-likeness (QED) is 0.494. The molecule has 1 heteroatoms. The van der Waals surface area contributed by atoms with Crippen molar-refractivity contribution in [3.63, 3.8) is 0 Å². The van der Waals surface area contributed by atoms with E-state index >= 15 is 0 Å². The Balaban J connectivity index is 2.19. The molecule has 0 radical (unpaired) electrons. The standard InChI is InChI=1S/C7H10O/c1-2-3-6-4-5-7(6)8/h1,6-8H,3-5H2. The first-order valence-electron chi connectivity index (χ1n) is 2.96. The SMILES string of the molecule is C#CCC1CCC1O. The van der Waals surface area contributed by atoms with Crippen molar-refractivity contribution in [2.24, 2.45) is 5.92 Å². The number of hydrogen-bond acceptors (Lipinski definition) is 1. The average Bonchev–Trinajstić information content (AvgIpc) is 1.79. The summed E-state index contributed by atoms with van der Waals surface area (Å²) < 4.78 is 0. The van der Waals surface area contributed by atoms with E-state index in [-0.39, 0.29) is 6.10 Å². The second-order valence-electron chi connectivity index (χ2n) is 2.31. The molecule has 2 unspecified atom stereocenters. The van der Waals surface area contributed by atoms with Crippen LogP contribution in [0, 0.1) is 18.3 Å². The second-order valence-corrected chi connectivity index (χ2v) is 2.31. The minimum Gasteiger partial charge on any atom is -0.393 e. The molecule has 0 heterocycles. The molecule has 0 aliphatic heterocycles. The van der Waals surface area contributed by atoms with Crippen LogP contribution in [0.1, 0.15) is 19.3 Å². The second kappa shape index (κ2) is 2.19. The molecule has 1 rings (SSSR count). The van der Waals surface area contributed by atoms with Crippen molar-refractivity contribution in [2.45, 2.75) is 25.4 Å². The van der Waals surface area contributed by atoms with Gasteiger partial charge in [-0.3, -0.25) is 0 Å². The van der Waals surface area contributed by atoms with Crippen molar-refractivity contribution in [1.29, 1.82) is 0 Å². The zero-order valence-corrected chi connectivity index (χ0v) is 4.80. The van der Waals surface area contributed by atoms with Gasteiger partial charge < -0.3 is 5.11 Å². The summed E-state index contributed by atoms with van der Waals surface area (Å²) in [6.07, 6.45) is 7.77. The fourth-order valence-electron chi connectivity index (χ4n) is 0.941. The van der Waals surface area contributed by atoms with E-state index in [1.165, 1.54) is 0 Å². The highest BCUT2D eigenvalue weighted by molar-refractivity contribution is 4.93. The van der Waals surface area contributed by atoms with Crippen molar-refractivity contribution < 1.29 is 5.11 Å². The molecular weight excluding hydrogens is 100 g/mol. The summed E-state index contributed by atoms with van der Waals surface area (Å²) in [5, 5.41) is 8.94. The molecule has 0 spiro atoms. The molecule has 0 aromatic carbocycles. The third-order valence-electron chi connectivity index (χ3n) is 1.76. The van der Waals surface area contributed by atoms with Gasteiger partial charge in [-0.2, -0.15) is 0 Å². The van der Waals surface area contributed by atoms with Crippen LogP contribution in [0.4, 0.5) is 0 Å². The predicted molar refractivity (Wildman–Crippen MR) is 32.2 cm³/mol. The van der Waals surface area contributed by atoms with Gasteiger partial charge in [-0.05, 0) is 18.8 Å². The Morgan fingerprint density at radius 2 is 2.38 bits per heavy atom. The zero-order chi connectivity index (χ0) is 5.98. The van der Waals surface area contributed by atoms with E-state index in [1.807, 2.05) is 0 Å². The normalized spacial score (nSPS) is 35.5. The summed E-state index contributed by atoms with van der Waals surface area (Å²) in [5.41, 5.74) is 0. The van der Waals surface area contributed by atoms with E-state index in [4.69, 9.17) is 11.5 Å². The number of aliphatic hydroxyl groups excluding tert-OH is 1. The molecule has 1 saturated carbocycles. The maximum Gasteiger partial charge on any atom is 0.0577 e. The van der Waals surface area contributed by atoms with Crippen LogP contribution in [-0.2, 0) is 0 Å². The van der Waals surface area contributed by atoms with Gasteiger partial charge in [0, 0.05) is 6.42 Å². The maximum atomic E-state index is 8.94. The van der Waals surface area contributed by atoms with Crippen molar-refractivity contribution >= 4 is 0 Å². The topological polar surface area (TPSA) is 20.2 Å². The minimum atomic E-state index is -0.0916. The third-order valence-corrected chi connectivity index (χ3v) is 1.76. The highest BCUT2D eigenvalue weighted by Gasteiger charge is 2.27. The molecule has 0 saturated heterocycles. The van der Waals surface area contributed by atoms with E-state index in [1.54, 1.807) is 0 Å². The van der Waals surface area contributed by atoms with Crippen LogP contribution >= 0.6 is 0 Å². The Kier molecular flexibility index (Phi) is 1.55. The molecule has 0 amide bonds. The molecule has 0 bridgehead atoms. The summed E-state index contributed by atoms with van der Waals surface area (Å²) in [6.45, 7) is 0. The maximum absolute atomic E-state index is 8.94. The Morgan fingerprint density at radius 3 is 2.50 bits per heavy atom. The largest absolute Gasteiger partial charge is 0.393 e. The predicted octanol–water partition coefficient (Wildman–Crippen LogP) is 0.781. The van der Waals surface area contributed by atoms with Crippen LogP contribution in [0.5, 0.6) is 0 Å². The first-order chi connectivity index (χ1) is 3.84. The van der Waals surface area contributed by atoms with Gasteiger partial charge in [-0.25, -0.2) is 0 Å². The summed E-state index contributed by atoms with van der Waals surface area (Å²) in [6, 6.07) is 0. The van der Waals surface area contributed by atoms with Gasteiger partial charge in [-0.1, -0.05) is 0 Å². The van der Waals surface area contributed by atoms with Crippen LogP contribution < -0.4 is 0 Å². The van der Waals surface area contributed by atoms with Crippen LogP contribution in [0.25, 0.3) is 0 Å². The van der Waals surface area contributed by atoms with Gasteiger partial charge in [0.25, 0.3) is 0 Å². The highest BCUT2D eigenvalue weighted by atomic mass is 16.3. The lowest BCUT2D eigenvalue weighted by Gasteiger charge is -2.30. The molecule has 44 valence electrons. The summed E-state index contributed by atoms with van der Waals surface area (Å²) in [7, 11) is 0. The van der Waals surface area contributed by atoms with Crippen LogP contribution in [0.15, 0.2) is 0 Å². The Labute approximate surface area is 49.7 Å². The molecule has 2 atom stereocenters. The molecule has 8 heavy (non-hydrogen) atoms. The molecule has 1 aliphatic carbocycles. The van der Waals surface area contributed by atoms with E-state index in [2.05, 4.69) is 5.92 Å². The number of rotatable bonds is 1. The zero-order valence-electron chi connectivity index (χ0n) is 4.80. The van der Waals surface area contributed by atoms with E-state index in [0.717, 1.165) is 19.3 Å². The average molecular weight is 110 g/mol.